The van der Waals surface area contributed by atoms with Crippen molar-refractivity contribution < 1.29 is 9.78 Å². The number of hydrogen-bond acceptors (Lipinski definition) is 3. The van der Waals surface area contributed by atoms with Crippen LogP contribution in [0.3, 0.4) is 0 Å². The van der Waals surface area contributed by atoms with Crippen LogP contribution in [0.4, 0.5) is 0 Å². The van der Waals surface area contributed by atoms with Crippen LogP contribution in [0.15, 0.2) is 23.0 Å². The molecule has 2 aliphatic carbocycles. The highest BCUT2D eigenvalue weighted by Gasteiger charge is 2.28. The van der Waals surface area contributed by atoms with Crippen molar-refractivity contribution in [2.24, 2.45) is 0 Å². The molecule has 1 aromatic carbocycles. The summed E-state index contributed by atoms with van der Waals surface area (Å²) in [5, 5.41) is 0. The summed E-state index contributed by atoms with van der Waals surface area (Å²) in [5.41, 5.74) is 8.24. The van der Waals surface area contributed by atoms with Gasteiger partial charge in [0.15, 0.2) is 0 Å². The van der Waals surface area contributed by atoms with Gasteiger partial charge < -0.3 is 4.98 Å². The van der Waals surface area contributed by atoms with Gasteiger partial charge in [0.25, 0.3) is 5.56 Å². The van der Waals surface area contributed by atoms with E-state index in [0.717, 1.165) is 48.1 Å². The molecule has 4 nitrogen and oxygen atoms in total. The monoisotopic (exact) mass is 297 g/mol. The van der Waals surface area contributed by atoms with Crippen LogP contribution >= 0.6 is 0 Å². The fraction of sp³-hybridized carbons (Fsp3) is 0.389. The quantitative estimate of drug-likeness (QED) is 0.597. The molecule has 22 heavy (non-hydrogen) atoms. The van der Waals surface area contributed by atoms with Gasteiger partial charge >= 0.3 is 0 Å². The summed E-state index contributed by atoms with van der Waals surface area (Å²) in [6, 6.07) is 6.16. The maximum absolute atomic E-state index is 12.4. The largest absolute Gasteiger partial charge is 0.321 e. The summed E-state index contributed by atoms with van der Waals surface area (Å²) >= 11 is 0. The van der Waals surface area contributed by atoms with Crippen LogP contribution in [0.25, 0.3) is 11.3 Å². The summed E-state index contributed by atoms with van der Waals surface area (Å²) in [6.07, 6.45) is 5.12. The van der Waals surface area contributed by atoms with Crippen molar-refractivity contribution in [2.75, 3.05) is 7.11 Å². The van der Waals surface area contributed by atoms with Gasteiger partial charge in [-0.05, 0) is 47.9 Å². The van der Waals surface area contributed by atoms with Crippen molar-refractivity contribution in [2.45, 2.75) is 38.7 Å². The Morgan fingerprint density at radius 2 is 1.91 bits per heavy atom. The molecule has 0 spiro atoms. The molecule has 4 rings (SSSR count). The molecule has 1 heterocycles. The summed E-state index contributed by atoms with van der Waals surface area (Å²) in [6.45, 7) is 0.431. The summed E-state index contributed by atoms with van der Waals surface area (Å²) in [7, 11) is 1.52. The van der Waals surface area contributed by atoms with Gasteiger partial charge in [-0.1, -0.05) is 18.2 Å². The highest BCUT2D eigenvalue weighted by atomic mass is 17.2. The van der Waals surface area contributed by atoms with Crippen molar-refractivity contribution >= 4 is 0 Å². The second-order valence-electron chi connectivity index (χ2n) is 6.02. The van der Waals surface area contributed by atoms with Gasteiger partial charge in [0.2, 0.25) is 0 Å². The van der Waals surface area contributed by atoms with Crippen molar-refractivity contribution in [1.29, 1.82) is 0 Å². The highest BCUT2D eigenvalue weighted by molar-refractivity contribution is 5.76. The van der Waals surface area contributed by atoms with Crippen LogP contribution in [-0.2, 0) is 35.6 Å². The average molecular weight is 297 g/mol. The van der Waals surface area contributed by atoms with Gasteiger partial charge in [-0.3, -0.25) is 4.79 Å². The predicted octanol–water partition coefficient (Wildman–Crippen LogP) is 2.90. The SMILES string of the molecule is COOCc1cccc2c1Cc1c-2[nH]c(=O)c2c1CCCC2. The number of aromatic nitrogens is 1. The first-order valence-corrected chi connectivity index (χ1v) is 7.83. The lowest BCUT2D eigenvalue weighted by atomic mass is 9.88. The fourth-order valence-electron chi connectivity index (χ4n) is 3.84. The van der Waals surface area contributed by atoms with Gasteiger partial charge in [0.05, 0.1) is 12.8 Å². The number of pyridine rings is 1. The molecular formula is C18H19NO3. The van der Waals surface area contributed by atoms with Crippen molar-refractivity contribution in [3.63, 3.8) is 0 Å². The zero-order chi connectivity index (χ0) is 15.1. The lowest BCUT2D eigenvalue weighted by molar-refractivity contribution is -0.282. The zero-order valence-corrected chi connectivity index (χ0v) is 12.7. The molecule has 114 valence electrons. The minimum absolute atomic E-state index is 0.0971. The Labute approximate surface area is 129 Å². The van der Waals surface area contributed by atoms with Gasteiger partial charge in [-0.25, -0.2) is 9.78 Å². The Balaban J connectivity index is 1.86. The summed E-state index contributed by atoms with van der Waals surface area (Å²) in [4.78, 5) is 25.4. The number of fused-ring (bicyclic) bond motifs is 5. The van der Waals surface area contributed by atoms with E-state index >= 15 is 0 Å². The normalized spacial score (nSPS) is 15.3. The number of nitrogens with one attached hydrogen (secondary N) is 1. The first-order chi connectivity index (χ1) is 10.8. The fourth-order valence-corrected chi connectivity index (χ4v) is 3.84. The standard InChI is InChI=1S/C18H19NO3/c1-21-22-10-11-5-4-8-13-15(11)9-16-12-6-2-3-7-14(12)18(20)19-17(13)16/h4-5,8H,2-3,6-7,9-10H2,1H3,(H,19,20). The van der Waals surface area contributed by atoms with E-state index in [1.165, 1.54) is 30.2 Å². The Morgan fingerprint density at radius 1 is 1.09 bits per heavy atom. The van der Waals surface area contributed by atoms with E-state index in [2.05, 4.69) is 17.1 Å². The van der Waals surface area contributed by atoms with Crippen LogP contribution in [-0.4, -0.2) is 12.1 Å². The predicted molar refractivity (Wildman–Crippen MR) is 83.7 cm³/mol. The van der Waals surface area contributed by atoms with Crippen molar-refractivity contribution in [3.8, 4) is 11.3 Å². The molecule has 0 saturated carbocycles. The van der Waals surface area contributed by atoms with Crippen molar-refractivity contribution in [1.82, 2.24) is 4.98 Å². The molecule has 0 radical (unpaired) electrons. The number of H-pyrrole nitrogens is 1. The minimum atomic E-state index is 0.0971. The van der Waals surface area contributed by atoms with Gasteiger partial charge in [0.1, 0.15) is 6.61 Å². The Hall–Kier alpha value is -1.91. The Morgan fingerprint density at radius 3 is 2.73 bits per heavy atom. The summed E-state index contributed by atoms with van der Waals surface area (Å²) in [5.74, 6) is 0. The lowest BCUT2D eigenvalue weighted by Crippen LogP contribution is -2.21. The second-order valence-corrected chi connectivity index (χ2v) is 6.02. The van der Waals surface area contributed by atoms with Gasteiger partial charge in [-0.15, -0.1) is 0 Å². The summed E-state index contributed by atoms with van der Waals surface area (Å²) < 4.78 is 0. The van der Waals surface area contributed by atoms with Crippen LogP contribution < -0.4 is 5.56 Å². The van der Waals surface area contributed by atoms with E-state index in [9.17, 15) is 4.79 Å². The van der Waals surface area contributed by atoms with E-state index in [1.807, 2.05) is 6.07 Å². The number of benzene rings is 1. The zero-order valence-electron chi connectivity index (χ0n) is 12.7. The molecule has 0 bridgehead atoms. The Bertz CT molecular complexity index is 792. The molecule has 0 aliphatic heterocycles. The molecule has 1 aromatic heterocycles. The molecule has 0 amide bonds. The molecule has 4 heteroatoms. The first-order valence-electron chi connectivity index (χ1n) is 7.83. The highest BCUT2D eigenvalue weighted by Crippen LogP contribution is 2.40. The van der Waals surface area contributed by atoms with Crippen LogP contribution in [0, 0.1) is 0 Å². The second kappa shape index (κ2) is 5.38. The maximum atomic E-state index is 12.4. The first kappa shape index (κ1) is 13.7. The molecule has 2 aromatic rings. The third kappa shape index (κ3) is 2.02. The lowest BCUT2D eigenvalue weighted by Gasteiger charge is -2.18. The van der Waals surface area contributed by atoms with Crippen molar-refractivity contribution in [3.05, 3.63) is 56.4 Å². The van der Waals surface area contributed by atoms with Gasteiger partial charge in [-0.2, -0.15) is 0 Å². The molecule has 0 saturated heterocycles. The molecule has 0 unspecified atom stereocenters. The smallest absolute Gasteiger partial charge is 0.251 e. The number of aromatic amines is 1. The van der Waals surface area contributed by atoms with Gasteiger partial charge in [0, 0.05) is 17.5 Å². The van der Waals surface area contributed by atoms with Crippen LogP contribution in [0.5, 0.6) is 0 Å². The minimum Gasteiger partial charge on any atom is -0.321 e. The number of hydrogen-bond donors (Lipinski definition) is 1. The molecule has 1 N–H and O–H groups in total. The van der Waals surface area contributed by atoms with E-state index < -0.39 is 0 Å². The van der Waals surface area contributed by atoms with Crippen LogP contribution in [0.2, 0.25) is 0 Å². The van der Waals surface area contributed by atoms with Crippen LogP contribution in [0.1, 0.15) is 40.7 Å². The topological polar surface area (TPSA) is 51.3 Å². The average Bonchev–Trinajstić information content (AvgIpc) is 2.93. The van der Waals surface area contributed by atoms with E-state index in [1.54, 1.807) is 0 Å². The van der Waals surface area contributed by atoms with E-state index in [0.29, 0.717) is 6.61 Å². The maximum Gasteiger partial charge on any atom is 0.251 e. The molecule has 2 aliphatic rings. The molecular weight excluding hydrogens is 278 g/mol. The van der Waals surface area contributed by atoms with E-state index in [4.69, 9.17) is 9.78 Å². The third-order valence-electron chi connectivity index (χ3n) is 4.87. The number of rotatable bonds is 3. The van der Waals surface area contributed by atoms with E-state index in [-0.39, 0.29) is 5.56 Å². The molecule has 0 atom stereocenters. The molecule has 0 fully saturated rings. The third-order valence-corrected chi connectivity index (χ3v) is 4.87. The Kier molecular flexibility index (Phi) is 3.36.